The minimum Gasteiger partial charge on any atom is -0.325 e. The molecule has 0 saturated heterocycles. The largest absolute Gasteiger partial charge is 0.325 e. The molecule has 1 amide bonds. The van der Waals surface area contributed by atoms with Gasteiger partial charge in [0.15, 0.2) is 0 Å². The number of benzene rings is 3. The summed E-state index contributed by atoms with van der Waals surface area (Å²) in [5.41, 5.74) is 5.57. The number of nitrogens with one attached hydrogen (secondary N) is 1. The average Bonchev–Trinajstić information content (AvgIpc) is 3.13. The van der Waals surface area contributed by atoms with E-state index < -0.39 is 0 Å². The number of rotatable bonds is 7. The van der Waals surface area contributed by atoms with Crippen molar-refractivity contribution >= 4 is 44.9 Å². The number of para-hydroxylation sites is 1. The molecule has 0 atom stereocenters. The molecule has 1 N–H and O–H groups in total. The molecule has 0 unspecified atom stereocenters. The summed E-state index contributed by atoms with van der Waals surface area (Å²) in [5, 5.41) is 4.08. The van der Waals surface area contributed by atoms with Gasteiger partial charge in [-0.25, -0.2) is 4.98 Å². The van der Waals surface area contributed by atoms with Crippen LogP contribution in [0.15, 0.2) is 72.8 Å². The number of amides is 1. The highest BCUT2D eigenvalue weighted by Crippen LogP contribution is 2.24. The lowest BCUT2D eigenvalue weighted by Crippen LogP contribution is -2.14. The molecule has 0 fully saturated rings. The second kappa shape index (κ2) is 9.25. The molecule has 0 aliphatic carbocycles. The summed E-state index contributed by atoms with van der Waals surface area (Å²) in [5.74, 6) is 1.32. The molecule has 1 aromatic heterocycles. The number of carbonyl (C=O) groups is 1. The molecule has 0 radical (unpaired) electrons. The number of aromatic nitrogens is 1. The first kappa shape index (κ1) is 19.7. The Morgan fingerprint density at radius 3 is 2.45 bits per heavy atom. The molecule has 0 aliphatic rings. The lowest BCUT2D eigenvalue weighted by molar-refractivity contribution is -0.113. The lowest BCUT2D eigenvalue weighted by Gasteiger charge is -2.07. The predicted octanol–water partition coefficient (Wildman–Crippen LogP) is 6.07. The number of thiazole rings is 1. The van der Waals surface area contributed by atoms with E-state index in [0.29, 0.717) is 5.75 Å². The van der Waals surface area contributed by atoms with Crippen LogP contribution >= 0.6 is 23.1 Å². The van der Waals surface area contributed by atoms with Crippen molar-refractivity contribution in [2.45, 2.75) is 19.1 Å². The lowest BCUT2D eigenvalue weighted by atomic mass is 10.1. The van der Waals surface area contributed by atoms with Crippen molar-refractivity contribution in [1.82, 2.24) is 4.98 Å². The van der Waals surface area contributed by atoms with Crippen LogP contribution < -0.4 is 5.32 Å². The van der Waals surface area contributed by atoms with Crippen LogP contribution in [0.25, 0.3) is 10.2 Å². The quantitative estimate of drug-likeness (QED) is 0.396. The molecule has 5 heteroatoms. The van der Waals surface area contributed by atoms with Crippen molar-refractivity contribution < 1.29 is 4.79 Å². The zero-order valence-electron chi connectivity index (χ0n) is 16.2. The topological polar surface area (TPSA) is 42.0 Å². The van der Waals surface area contributed by atoms with Gasteiger partial charge in [0.25, 0.3) is 0 Å². The van der Waals surface area contributed by atoms with E-state index in [4.69, 9.17) is 0 Å². The Bertz CT molecular complexity index is 1070. The van der Waals surface area contributed by atoms with E-state index in [9.17, 15) is 4.79 Å². The van der Waals surface area contributed by atoms with E-state index >= 15 is 0 Å². The number of aryl methyl sites for hydroxylation is 1. The van der Waals surface area contributed by atoms with Gasteiger partial charge in [0, 0.05) is 17.9 Å². The molecule has 3 nitrogen and oxygen atoms in total. The number of anilines is 1. The molecule has 3 aromatic carbocycles. The minimum absolute atomic E-state index is 0.0287. The third-order valence-electron chi connectivity index (χ3n) is 4.55. The fourth-order valence-corrected chi connectivity index (χ4v) is 4.81. The number of hydrogen-bond donors (Lipinski definition) is 1. The normalized spacial score (nSPS) is 10.9. The van der Waals surface area contributed by atoms with E-state index in [1.165, 1.54) is 21.4 Å². The van der Waals surface area contributed by atoms with E-state index in [1.54, 1.807) is 23.1 Å². The van der Waals surface area contributed by atoms with Gasteiger partial charge in [0.05, 0.1) is 21.0 Å². The van der Waals surface area contributed by atoms with Gasteiger partial charge in [-0.3, -0.25) is 4.79 Å². The molecule has 4 aromatic rings. The Balaban J connectivity index is 1.27. The van der Waals surface area contributed by atoms with Crippen LogP contribution in [0.1, 0.15) is 21.7 Å². The summed E-state index contributed by atoms with van der Waals surface area (Å²) in [6, 6.07) is 24.7. The second-order valence-corrected chi connectivity index (χ2v) is 9.08. The van der Waals surface area contributed by atoms with E-state index in [2.05, 4.69) is 59.7 Å². The van der Waals surface area contributed by atoms with Crippen LogP contribution in [-0.2, 0) is 17.0 Å². The molecule has 29 heavy (non-hydrogen) atoms. The summed E-state index contributed by atoms with van der Waals surface area (Å²) in [7, 11) is 0. The van der Waals surface area contributed by atoms with Crippen LogP contribution in [0.2, 0.25) is 0 Å². The van der Waals surface area contributed by atoms with Crippen molar-refractivity contribution in [3.05, 3.63) is 94.5 Å². The smallest absolute Gasteiger partial charge is 0.234 e. The van der Waals surface area contributed by atoms with Crippen LogP contribution in [-0.4, -0.2) is 16.6 Å². The van der Waals surface area contributed by atoms with Gasteiger partial charge in [-0.15, -0.1) is 23.1 Å². The maximum absolute atomic E-state index is 12.2. The van der Waals surface area contributed by atoms with Crippen molar-refractivity contribution in [3.8, 4) is 0 Å². The van der Waals surface area contributed by atoms with Crippen molar-refractivity contribution in [3.63, 3.8) is 0 Å². The van der Waals surface area contributed by atoms with Gasteiger partial charge in [-0.05, 0) is 42.3 Å². The van der Waals surface area contributed by atoms with E-state index in [0.717, 1.165) is 28.4 Å². The molecule has 0 saturated carbocycles. The molecule has 146 valence electrons. The summed E-state index contributed by atoms with van der Waals surface area (Å²) in [6.45, 7) is 2.08. The van der Waals surface area contributed by atoms with Gasteiger partial charge in [-0.1, -0.05) is 54.1 Å². The van der Waals surface area contributed by atoms with Gasteiger partial charge < -0.3 is 5.32 Å². The number of thioether (sulfide) groups is 1. The molecule has 0 bridgehead atoms. The van der Waals surface area contributed by atoms with Gasteiger partial charge in [0.1, 0.15) is 0 Å². The molecule has 1 heterocycles. The first-order valence-electron chi connectivity index (χ1n) is 9.52. The highest BCUT2D eigenvalue weighted by atomic mass is 32.2. The molecular weight excluding hydrogens is 396 g/mol. The Kier molecular flexibility index (Phi) is 6.27. The SMILES string of the molecule is Cc1ccc(CSCC(=O)Nc2ccc(Cc3nc4ccccc4s3)cc2)cc1. The van der Waals surface area contributed by atoms with Crippen molar-refractivity contribution in [1.29, 1.82) is 0 Å². The third-order valence-corrected chi connectivity index (χ3v) is 6.59. The standard InChI is InChI=1S/C24H22N2OS2/c1-17-6-8-19(9-7-17)15-28-16-23(27)25-20-12-10-18(11-13-20)14-24-26-21-4-2-3-5-22(21)29-24/h2-13H,14-16H2,1H3,(H,25,27). The summed E-state index contributed by atoms with van der Waals surface area (Å²) < 4.78 is 1.22. The monoisotopic (exact) mass is 418 g/mol. The van der Waals surface area contributed by atoms with Gasteiger partial charge in [-0.2, -0.15) is 0 Å². The Hall–Kier alpha value is -2.63. The molecule has 0 aliphatic heterocycles. The van der Waals surface area contributed by atoms with E-state index in [-0.39, 0.29) is 5.91 Å². The van der Waals surface area contributed by atoms with E-state index in [1.807, 2.05) is 30.3 Å². The molecule has 0 spiro atoms. The predicted molar refractivity (Wildman–Crippen MR) is 125 cm³/mol. The zero-order valence-corrected chi connectivity index (χ0v) is 17.9. The van der Waals surface area contributed by atoms with Crippen molar-refractivity contribution in [2.75, 3.05) is 11.1 Å². The first-order chi connectivity index (χ1) is 14.2. The summed E-state index contributed by atoms with van der Waals surface area (Å²) in [6.07, 6.45) is 0.806. The number of hydrogen-bond acceptors (Lipinski definition) is 4. The van der Waals surface area contributed by atoms with Gasteiger partial charge in [0.2, 0.25) is 5.91 Å². The van der Waals surface area contributed by atoms with Crippen LogP contribution in [0.5, 0.6) is 0 Å². The molecule has 4 rings (SSSR count). The van der Waals surface area contributed by atoms with Crippen LogP contribution in [0.3, 0.4) is 0 Å². The third kappa shape index (κ3) is 5.46. The molecular formula is C24H22N2OS2. The fraction of sp³-hybridized carbons (Fsp3) is 0.167. The van der Waals surface area contributed by atoms with Gasteiger partial charge >= 0.3 is 0 Å². The van der Waals surface area contributed by atoms with Crippen LogP contribution in [0.4, 0.5) is 5.69 Å². The Labute approximate surface area is 179 Å². The average molecular weight is 419 g/mol. The second-order valence-electron chi connectivity index (χ2n) is 6.98. The number of fused-ring (bicyclic) bond motifs is 1. The maximum Gasteiger partial charge on any atom is 0.234 e. The van der Waals surface area contributed by atoms with Crippen molar-refractivity contribution in [2.24, 2.45) is 0 Å². The first-order valence-corrected chi connectivity index (χ1v) is 11.5. The highest BCUT2D eigenvalue weighted by Gasteiger charge is 2.06. The zero-order chi connectivity index (χ0) is 20.1. The van der Waals surface area contributed by atoms with Crippen LogP contribution in [0, 0.1) is 6.92 Å². The number of nitrogens with zero attached hydrogens (tertiary/aromatic N) is 1. The summed E-state index contributed by atoms with van der Waals surface area (Å²) in [4.78, 5) is 16.9. The number of carbonyl (C=O) groups excluding carboxylic acids is 1. The Morgan fingerprint density at radius 1 is 0.966 bits per heavy atom. The highest BCUT2D eigenvalue weighted by molar-refractivity contribution is 7.99. The summed E-state index contributed by atoms with van der Waals surface area (Å²) >= 11 is 3.36. The Morgan fingerprint density at radius 2 is 1.69 bits per heavy atom. The minimum atomic E-state index is 0.0287. The maximum atomic E-state index is 12.2. The fourth-order valence-electron chi connectivity index (χ4n) is 3.02.